The van der Waals surface area contributed by atoms with E-state index in [0.29, 0.717) is 5.84 Å². The Kier molecular flexibility index (Phi) is 7.52. The Morgan fingerprint density at radius 2 is 0.949 bits per heavy atom. The summed E-state index contributed by atoms with van der Waals surface area (Å²) in [5.41, 5.74) is 8.51. The maximum Gasteiger partial charge on any atom is 0.157 e. The molecule has 3 heterocycles. The molecule has 59 heavy (non-hydrogen) atoms. The highest BCUT2D eigenvalue weighted by atomic mass is 16.3. The van der Waals surface area contributed by atoms with Crippen molar-refractivity contribution in [2.24, 2.45) is 21.8 Å². The van der Waals surface area contributed by atoms with Crippen LogP contribution in [0.15, 0.2) is 196 Å². The van der Waals surface area contributed by atoms with Crippen molar-refractivity contribution in [3.05, 3.63) is 193 Å². The number of aromatic nitrogens is 1. The monoisotopic (exact) mass is 757 g/mol. The third kappa shape index (κ3) is 5.23. The third-order valence-electron chi connectivity index (χ3n) is 12.9. The van der Waals surface area contributed by atoms with Crippen LogP contribution in [0, 0.1) is 11.8 Å². The van der Waals surface area contributed by atoms with Gasteiger partial charge in [-0.3, -0.25) is 9.56 Å². The molecule has 0 radical (unpaired) electrons. The smallest absolute Gasteiger partial charge is 0.157 e. The summed E-state index contributed by atoms with van der Waals surface area (Å²) in [5, 5.41) is 12.3. The molecule has 0 bridgehead atoms. The lowest BCUT2D eigenvalue weighted by molar-refractivity contribution is 0.402. The van der Waals surface area contributed by atoms with Gasteiger partial charge in [0.05, 0.1) is 17.1 Å². The number of hydrogen-bond donors (Lipinski definition) is 0. The molecule has 2 aromatic heterocycles. The molecule has 11 aromatic rings. The highest BCUT2D eigenvalue weighted by Gasteiger charge is 2.33. The first-order valence-electron chi connectivity index (χ1n) is 20.6. The van der Waals surface area contributed by atoms with Crippen LogP contribution >= 0.6 is 0 Å². The first-order chi connectivity index (χ1) is 29.1. The standard InChI is InChI=1S/C55H39N3O/c1-33-34(2)55(57-54(56-53(33)35-14-4-3-5-15-35)38-25-28-46-45-21-11-13-23-51(45)59-52(46)32-38)58-49-22-12-10-20-44(49)48-31-37(26-29-50(48)58)36-24-27-43-41-18-7-6-16-39(41)40-17-8-9-19-42(40)47(43)30-36/h3-34,53H,1-2H3. The number of rotatable bonds is 3. The molecule has 4 heteroatoms. The summed E-state index contributed by atoms with van der Waals surface area (Å²) in [7, 11) is 0. The van der Waals surface area contributed by atoms with Crippen molar-refractivity contribution in [3.63, 3.8) is 0 Å². The molecule has 1 aliphatic heterocycles. The van der Waals surface area contributed by atoms with Gasteiger partial charge in [0.15, 0.2) is 5.84 Å². The highest BCUT2D eigenvalue weighted by molar-refractivity contribution is 6.26. The average Bonchev–Trinajstić information content (AvgIpc) is 3.80. The van der Waals surface area contributed by atoms with Crippen molar-refractivity contribution in [1.82, 2.24) is 4.57 Å². The number of furan rings is 1. The minimum atomic E-state index is -0.0883. The van der Waals surface area contributed by atoms with E-state index in [9.17, 15) is 0 Å². The van der Waals surface area contributed by atoms with Gasteiger partial charge in [0.25, 0.3) is 0 Å². The zero-order chi connectivity index (χ0) is 39.2. The lowest BCUT2D eigenvalue weighted by Gasteiger charge is -2.26. The Morgan fingerprint density at radius 1 is 0.424 bits per heavy atom. The number of aliphatic imine (C=N–C) groups is 2. The number of hydrogen-bond acceptors (Lipinski definition) is 3. The number of para-hydroxylation sites is 2. The van der Waals surface area contributed by atoms with Gasteiger partial charge in [0.1, 0.15) is 17.0 Å². The number of amidine groups is 1. The molecular weight excluding hydrogens is 719 g/mol. The van der Waals surface area contributed by atoms with Crippen molar-refractivity contribution in [2.75, 3.05) is 0 Å². The molecule has 0 spiro atoms. The van der Waals surface area contributed by atoms with Crippen LogP contribution in [-0.4, -0.2) is 16.2 Å². The van der Waals surface area contributed by atoms with Crippen molar-refractivity contribution in [1.29, 1.82) is 0 Å². The minimum absolute atomic E-state index is 0.0682. The van der Waals surface area contributed by atoms with E-state index in [-0.39, 0.29) is 17.9 Å². The Labute approximate surface area is 341 Å². The molecule has 280 valence electrons. The lowest BCUT2D eigenvalue weighted by Crippen LogP contribution is -2.27. The van der Waals surface area contributed by atoms with Crippen LogP contribution in [-0.2, 0) is 0 Å². The molecule has 3 atom stereocenters. The van der Waals surface area contributed by atoms with E-state index in [4.69, 9.17) is 14.4 Å². The Bertz CT molecular complexity index is 3520. The fourth-order valence-corrected chi connectivity index (χ4v) is 9.77. The van der Waals surface area contributed by atoms with Crippen LogP contribution in [0.1, 0.15) is 31.0 Å². The molecule has 9 aromatic carbocycles. The van der Waals surface area contributed by atoms with Gasteiger partial charge in [-0.25, -0.2) is 4.99 Å². The van der Waals surface area contributed by atoms with E-state index >= 15 is 0 Å². The average molecular weight is 758 g/mol. The minimum Gasteiger partial charge on any atom is -0.456 e. The largest absolute Gasteiger partial charge is 0.456 e. The van der Waals surface area contributed by atoms with Crippen LogP contribution in [0.25, 0.3) is 87.2 Å². The van der Waals surface area contributed by atoms with Gasteiger partial charge in [0, 0.05) is 33.0 Å². The van der Waals surface area contributed by atoms with Gasteiger partial charge in [-0.1, -0.05) is 153 Å². The summed E-state index contributed by atoms with van der Waals surface area (Å²) >= 11 is 0. The Morgan fingerprint density at radius 3 is 1.69 bits per heavy atom. The first-order valence-corrected chi connectivity index (χ1v) is 20.6. The number of fused-ring (bicyclic) bond motifs is 12. The molecule has 12 rings (SSSR count). The van der Waals surface area contributed by atoms with E-state index in [2.05, 4.69) is 188 Å². The van der Waals surface area contributed by atoms with E-state index in [1.165, 1.54) is 59.8 Å². The lowest BCUT2D eigenvalue weighted by atomic mass is 9.84. The molecule has 0 saturated carbocycles. The molecule has 0 saturated heterocycles. The number of nitrogens with zero attached hydrogens (tertiary/aromatic N) is 3. The van der Waals surface area contributed by atoms with Gasteiger partial charge in [-0.15, -0.1) is 0 Å². The van der Waals surface area contributed by atoms with Crippen molar-refractivity contribution in [2.45, 2.75) is 19.9 Å². The van der Waals surface area contributed by atoms with Crippen LogP contribution < -0.4 is 0 Å². The second kappa shape index (κ2) is 13.1. The second-order valence-corrected chi connectivity index (χ2v) is 16.2. The van der Waals surface area contributed by atoms with Crippen molar-refractivity contribution in [3.8, 4) is 11.1 Å². The Balaban J connectivity index is 1.05. The SMILES string of the molecule is CC1C(n2c3ccccc3c3cc(-c4ccc5c6ccccc6c6ccccc6c5c4)ccc32)=NC(c2ccc3c(c2)oc2ccccc23)=NC(c2ccccc2)C1C. The predicted octanol–water partition coefficient (Wildman–Crippen LogP) is 14.5. The summed E-state index contributed by atoms with van der Waals surface area (Å²) in [6, 6.07) is 65.5. The van der Waals surface area contributed by atoms with Gasteiger partial charge in [0.2, 0.25) is 0 Å². The van der Waals surface area contributed by atoms with E-state index < -0.39 is 0 Å². The first kappa shape index (κ1) is 33.8. The molecule has 0 amide bonds. The fraction of sp³-hybridized carbons (Fsp3) is 0.0909. The van der Waals surface area contributed by atoms with Gasteiger partial charge in [-0.05, 0) is 97.4 Å². The quantitative estimate of drug-likeness (QED) is 0.166. The van der Waals surface area contributed by atoms with Gasteiger partial charge >= 0.3 is 0 Å². The maximum atomic E-state index is 6.39. The molecule has 4 nitrogen and oxygen atoms in total. The molecule has 1 aliphatic rings. The summed E-state index contributed by atoms with van der Waals surface area (Å²) in [4.78, 5) is 11.1. The normalized spacial score (nSPS) is 17.4. The summed E-state index contributed by atoms with van der Waals surface area (Å²) < 4.78 is 8.79. The maximum absolute atomic E-state index is 6.39. The van der Waals surface area contributed by atoms with Crippen LogP contribution in [0.4, 0.5) is 0 Å². The molecule has 3 unspecified atom stereocenters. The summed E-state index contributed by atoms with van der Waals surface area (Å²) in [6.45, 7) is 4.64. The van der Waals surface area contributed by atoms with Crippen molar-refractivity contribution >= 4 is 87.7 Å². The van der Waals surface area contributed by atoms with E-state index in [1.54, 1.807) is 0 Å². The molecular formula is C55H39N3O. The van der Waals surface area contributed by atoms with Gasteiger partial charge in [-0.2, -0.15) is 0 Å². The van der Waals surface area contributed by atoms with Crippen LogP contribution in [0.5, 0.6) is 0 Å². The predicted molar refractivity (Wildman–Crippen MR) is 248 cm³/mol. The molecule has 0 N–H and O–H groups in total. The van der Waals surface area contributed by atoms with E-state index in [0.717, 1.165) is 44.4 Å². The fourth-order valence-electron chi connectivity index (χ4n) is 9.77. The van der Waals surface area contributed by atoms with Crippen LogP contribution in [0.2, 0.25) is 0 Å². The highest BCUT2D eigenvalue weighted by Crippen LogP contribution is 2.41. The molecule has 0 fully saturated rings. The topological polar surface area (TPSA) is 42.8 Å². The third-order valence-corrected chi connectivity index (χ3v) is 12.9. The summed E-state index contributed by atoms with van der Waals surface area (Å²) in [6.07, 6.45) is 0. The Hall–Kier alpha value is -7.30. The summed E-state index contributed by atoms with van der Waals surface area (Å²) in [5.74, 6) is 1.93. The van der Waals surface area contributed by atoms with Crippen molar-refractivity contribution < 1.29 is 4.42 Å². The molecule has 0 aliphatic carbocycles. The van der Waals surface area contributed by atoms with E-state index in [1.807, 2.05) is 12.1 Å². The van der Waals surface area contributed by atoms with Gasteiger partial charge < -0.3 is 4.42 Å². The number of benzene rings is 9. The zero-order valence-corrected chi connectivity index (χ0v) is 32.8. The zero-order valence-electron chi connectivity index (χ0n) is 32.8. The van der Waals surface area contributed by atoms with Crippen LogP contribution in [0.3, 0.4) is 0 Å². The second-order valence-electron chi connectivity index (χ2n) is 16.2.